The number of fused-ring (bicyclic) bond motifs is 16. The zero-order valence-corrected chi connectivity index (χ0v) is 85.7. The molecular weight excluding hydrogens is 1620 g/mol. The fraction of sp³-hybridized carbons (Fsp3) is 0.456. The SMILES string of the molecule is CC(C)(C)c1ccc2c(c1)C(C)(C)C1=CC(C(C)(C)C)CC(c3cc(C(C)(C)C)cc4c(-c5cc(C(C)(C)CCC(C)(C)c6ccc7c(c6)C(C)(C)c6cc(C(C)(C)C)cc(-c8ccc9c(c8)C(C(F)(F)F)(C(F)(F)F)c8cc(-c%10cc(C(C)(C)C)cc%11c%10-c%10ccc(C(C)(C)C)cc%10C%11(C)C)ccc8-9)c6-7)cc6c5-c5ccc(C(C)(C)C)cc5C6(C)C)cc(C(C)(C)C)cc34)=C12. The van der Waals surface area contributed by atoms with Gasteiger partial charge in [0.25, 0.3) is 0 Å². The van der Waals surface area contributed by atoms with E-state index in [1.54, 1.807) is 12.1 Å². The van der Waals surface area contributed by atoms with Gasteiger partial charge in [0, 0.05) is 21.7 Å². The minimum absolute atomic E-state index is 0.00659. The van der Waals surface area contributed by atoms with Crippen molar-refractivity contribution in [3.63, 3.8) is 0 Å². The molecule has 1 unspecified atom stereocenters. The molecule has 6 heteroatoms. The molecule has 0 N–H and O–H groups in total. The van der Waals surface area contributed by atoms with Crippen molar-refractivity contribution in [1.82, 2.24) is 0 Å². The zero-order chi connectivity index (χ0) is 96.2. The van der Waals surface area contributed by atoms with Crippen LogP contribution >= 0.6 is 0 Å². The van der Waals surface area contributed by atoms with Gasteiger partial charge in [0.05, 0.1) is 0 Å². The van der Waals surface area contributed by atoms with Gasteiger partial charge in [-0.25, -0.2) is 0 Å². The maximum atomic E-state index is 17.1. The molecule has 0 saturated carbocycles. The largest absolute Gasteiger partial charge is 0.411 e. The molecular formula is C125H144F6. The van der Waals surface area contributed by atoms with Crippen LogP contribution in [0.15, 0.2) is 182 Å². The number of hydrogen-bond acceptors (Lipinski definition) is 0. The molecule has 6 aliphatic rings. The van der Waals surface area contributed by atoms with Gasteiger partial charge in [-0.05, 0) is 345 Å². The maximum Gasteiger partial charge on any atom is 0.411 e. The molecule has 0 radical (unpaired) electrons. The first-order chi connectivity index (χ1) is 59.7. The highest BCUT2D eigenvalue weighted by molar-refractivity contribution is 6.13. The molecule has 0 amide bonds. The molecule has 0 spiro atoms. The smallest absolute Gasteiger partial charge is 0.169 e. The van der Waals surface area contributed by atoms with E-state index in [0.717, 1.165) is 80.5 Å². The van der Waals surface area contributed by atoms with E-state index in [0.29, 0.717) is 28.2 Å². The summed E-state index contributed by atoms with van der Waals surface area (Å²) >= 11 is 0. The van der Waals surface area contributed by atoms with Crippen LogP contribution in [-0.4, -0.2) is 12.4 Å². The predicted molar refractivity (Wildman–Crippen MR) is 546 cm³/mol. The van der Waals surface area contributed by atoms with Crippen LogP contribution in [0.1, 0.15) is 380 Å². The topological polar surface area (TPSA) is 0 Å². The monoisotopic (exact) mass is 1760 g/mol. The summed E-state index contributed by atoms with van der Waals surface area (Å²) in [4.78, 5) is 0. The lowest BCUT2D eigenvalue weighted by Gasteiger charge is -2.37. The summed E-state index contributed by atoms with van der Waals surface area (Å²) in [5.41, 5.74) is 26.4. The second-order valence-electron chi connectivity index (χ2n) is 52.4. The quantitative estimate of drug-likeness (QED) is 0.126. The van der Waals surface area contributed by atoms with Crippen LogP contribution in [0.5, 0.6) is 0 Å². The molecule has 0 aromatic heterocycles. The van der Waals surface area contributed by atoms with Crippen LogP contribution in [-0.2, 0) is 75.8 Å². The molecule has 0 aliphatic heterocycles. The molecule has 0 nitrogen and oxygen atoms in total. The Morgan fingerprint density at radius 1 is 0.252 bits per heavy atom. The van der Waals surface area contributed by atoms with Gasteiger partial charge in [-0.2, -0.15) is 26.3 Å². The first-order valence-corrected chi connectivity index (χ1v) is 48.5. The van der Waals surface area contributed by atoms with Crippen LogP contribution in [0.3, 0.4) is 0 Å². The summed E-state index contributed by atoms with van der Waals surface area (Å²) in [6.45, 7) is 83.1. The second-order valence-corrected chi connectivity index (χ2v) is 52.4. The Morgan fingerprint density at radius 3 is 0.916 bits per heavy atom. The van der Waals surface area contributed by atoms with Crippen molar-refractivity contribution in [2.45, 2.75) is 357 Å². The first-order valence-electron chi connectivity index (χ1n) is 48.5. The van der Waals surface area contributed by atoms with Gasteiger partial charge in [-0.3, -0.25) is 0 Å². The molecule has 6 aliphatic carbocycles. The lowest BCUT2D eigenvalue weighted by molar-refractivity contribution is -0.287. The van der Waals surface area contributed by atoms with Gasteiger partial charge in [-0.1, -0.05) is 377 Å². The zero-order valence-electron chi connectivity index (χ0n) is 85.7. The van der Waals surface area contributed by atoms with E-state index in [4.69, 9.17) is 0 Å². The van der Waals surface area contributed by atoms with E-state index in [9.17, 15) is 0 Å². The standard InChI is InChI=1S/C125H144F6/c1-109(2,3)71-39-45-83-95(61-71)119(29,30)101-65-77(114(16,17)18)53-87(105(83)101)69-37-43-81-82-44-38-70(52-100(82)123(99(81)51-69,124(126,127)128)125(129,130)131)88-54-78(115(19,20)21)66-102-106(88)84-48-42-74(64-98(84)122(102,35)36)117(25,26)49-50-118(27,28)80-60-94(108-86-47-41-73(111(7,8)9)63-97(86)121(33,34)104(108)68-80)92-58-76(113(13,14)15)55-89-90(92)56-75(112(10,11)12)57-91(89)93-59-79(116(22,23)24)67-103-107(93)85-46-40-72(110(4,5)6)62-96(85)120(103,31)32/h37-48,51-58,60-68,79H,49-50,59H2,1-36H3. The molecule has 0 saturated heterocycles. The van der Waals surface area contributed by atoms with Crippen molar-refractivity contribution in [3.05, 3.63) is 293 Å². The Morgan fingerprint density at radius 2 is 0.542 bits per heavy atom. The van der Waals surface area contributed by atoms with Crippen molar-refractivity contribution >= 4 is 21.9 Å². The average molecular weight is 1760 g/mol. The molecule has 17 rings (SSSR count). The lowest BCUT2D eigenvalue weighted by Crippen LogP contribution is -2.53. The number of rotatable bonds is 9. The van der Waals surface area contributed by atoms with Gasteiger partial charge < -0.3 is 0 Å². The Hall–Kier alpha value is -9.26. The van der Waals surface area contributed by atoms with E-state index >= 15 is 26.3 Å². The molecule has 686 valence electrons. The van der Waals surface area contributed by atoms with Gasteiger partial charge in [-0.15, -0.1) is 0 Å². The third-order valence-corrected chi connectivity index (χ3v) is 32.7. The minimum atomic E-state index is -5.81. The van der Waals surface area contributed by atoms with Crippen LogP contribution < -0.4 is 0 Å². The van der Waals surface area contributed by atoms with E-state index in [-0.39, 0.29) is 65.3 Å². The fourth-order valence-corrected chi connectivity index (χ4v) is 23.3. The van der Waals surface area contributed by atoms with Crippen LogP contribution in [0.2, 0.25) is 0 Å². The van der Waals surface area contributed by atoms with Gasteiger partial charge in [0.15, 0.2) is 0 Å². The summed E-state index contributed by atoms with van der Waals surface area (Å²) in [6, 6.07) is 61.1. The fourth-order valence-electron chi connectivity index (χ4n) is 23.3. The minimum Gasteiger partial charge on any atom is -0.169 e. The summed E-state index contributed by atoms with van der Waals surface area (Å²) in [6.07, 6.45) is -6.36. The highest BCUT2D eigenvalue weighted by Crippen LogP contribution is 2.68. The summed E-state index contributed by atoms with van der Waals surface area (Å²) in [5, 5.41) is 2.58. The highest BCUT2D eigenvalue weighted by Gasteiger charge is 2.76. The van der Waals surface area contributed by atoms with E-state index in [1.165, 1.54) is 135 Å². The predicted octanol–water partition coefficient (Wildman–Crippen LogP) is 36.5. The number of alkyl halides is 6. The van der Waals surface area contributed by atoms with E-state index < -0.39 is 50.6 Å². The highest BCUT2D eigenvalue weighted by atomic mass is 19.4. The Balaban J connectivity index is 0.786. The number of hydrogen-bond donors (Lipinski definition) is 0. The van der Waals surface area contributed by atoms with Crippen molar-refractivity contribution in [2.75, 3.05) is 0 Å². The third-order valence-electron chi connectivity index (χ3n) is 32.7. The average Bonchev–Trinajstić information content (AvgIpc) is 1.52. The molecule has 0 bridgehead atoms. The Kier molecular flexibility index (Phi) is 20.6. The van der Waals surface area contributed by atoms with Crippen molar-refractivity contribution < 1.29 is 26.3 Å². The molecule has 0 fully saturated rings. The molecule has 11 aromatic rings. The van der Waals surface area contributed by atoms with E-state index in [2.05, 4.69) is 377 Å². The van der Waals surface area contributed by atoms with E-state index in [1.807, 2.05) is 12.1 Å². The van der Waals surface area contributed by atoms with Crippen LogP contribution in [0.4, 0.5) is 26.3 Å². The number of allylic oxidation sites excluding steroid dienone is 4. The van der Waals surface area contributed by atoms with Crippen molar-refractivity contribution in [1.29, 1.82) is 0 Å². The lowest BCUT2D eigenvalue weighted by atomic mass is 9.67. The molecule has 131 heavy (non-hydrogen) atoms. The maximum absolute atomic E-state index is 17.1. The van der Waals surface area contributed by atoms with Gasteiger partial charge in [0.2, 0.25) is 5.41 Å². The molecule has 0 heterocycles. The molecule has 1 atom stereocenters. The normalized spacial score (nSPS) is 17.8. The van der Waals surface area contributed by atoms with Crippen molar-refractivity contribution in [2.24, 2.45) is 11.3 Å². The summed E-state index contributed by atoms with van der Waals surface area (Å²) in [5.74, 6) is 0.294. The first kappa shape index (κ1) is 93.5. The van der Waals surface area contributed by atoms with Gasteiger partial charge in [0.1, 0.15) is 0 Å². The number of halogens is 6. The van der Waals surface area contributed by atoms with Crippen LogP contribution in [0.25, 0.3) is 99.8 Å². The molecule has 11 aromatic carbocycles. The second kappa shape index (κ2) is 28.9. The van der Waals surface area contributed by atoms with Crippen molar-refractivity contribution in [3.8, 4) is 77.9 Å². The van der Waals surface area contributed by atoms with Crippen LogP contribution in [0, 0.1) is 11.3 Å². The Labute approximate surface area is 781 Å². The third kappa shape index (κ3) is 14.6. The number of benzene rings is 11. The Bertz CT molecular complexity index is 6730. The summed E-state index contributed by atoms with van der Waals surface area (Å²) < 4.78 is 103. The van der Waals surface area contributed by atoms with Gasteiger partial charge >= 0.3 is 12.4 Å². The summed E-state index contributed by atoms with van der Waals surface area (Å²) in [7, 11) is 0.